The summed E-state index contributed by atoms with van der Waals surface area (Å²) in [6.07, 6.45) is 11.5. The van der Waals surface area contributed by atoms with Crippen LogP contribution in [0.1, 0.15) is 85.3 Å². The van der Waals surface area contributed by atoms with Gasteiger partial charge in [-0.1, -0.05) is 23.7 Å². The first-order valence-electron chi connectivity index (χ1n) is 21.7. The fraction of sp³-hybridized carbons (Fsp3) is 0.457. The molecule has 4 fully saturated rings. The predicted molar refractivity (Wildman–Crippen MR) is 231 cm³/mol. The summed E-state index contributed by atoms with van der Waals surface area (Å²) in [5.41, 5.74) is 5.40. The van der Waals surface area contributed by atoms with E-state index >= 15 is 0 Å². The van der Waals surface area contributed by atoms with Gasteiger partial charge >= 0.3 is 0 Å². The summed E-state index contributed by atoms with van der Waals surface area (Å²) in [5, 5.41) is 7.20. The maximum atomic E-state index is 13.8. The molecule has 0 aliphatic carbocycles. The molecule has 0 radical (unpaired) electrons. The number of aryl methyl sites for hydroxylation is 2. The van der Waals surface area contributed by atoms with Gasteiger partial charge in [-0.25, -0.2) is 9.97 Å². The topological polar surface area (TPSA) is 159 Å². The molecule has 9 rings (SSSR count). The number of imidazole rings is 1. The third-order valence-corrected chi connectivity index (χ3v) is 13.5. The average Bonchev–Trinajstić information content (AvgIpc) is 3.87. The number of ether oxygens (including phenoxy) is 1. The van der Waals surface area contributed by atoms with E-state index < -0.39 is 0 Å². The summed E-state index contributed by atoms with van der Waals surface area (Å²) in [7, 11) is 1.86. The van der Waals surface area contributed by atoms with E-state index in [0.29, 0.717) is 76.8 Å². The number of nitrogens with one attached hydrogen (secondary N) is 2. The molecule has 4 aliphatic rings. The summed E-state index contributed by atoms with van der Waals surface area (Å²) < 4.78 is 7.97. The minimum absolute atomic E-state index is 0.0903. The molecule has 0 saturated carbocycles. The fourth-order valence-electron chi connectivity index (χ4n) is 9.77. The van der Waals surface area contributed by atoms with Gasteiger partial charge in [0.25, 0.3) is 5.91 Å². The SMILES string of the molecule is Cc1nn(C)cc1-c1nc2ncc(Cl)c(Oc3ccc(C(=O)N4CCCC(C(=O)N5CCC(CC6CCN(c7ccc([C@@H]8CCC(=O)NC8=O)cc7)CC6)CC5)C4)cc3)c2[nH]1. The largest absolute Gasteiger partial charge is 0.453 e. The van der Waals surface area contributed by atoms with Crippen LogP contribution in [0.2, 0.25) is 5.02 Å². The number of hydrogen-bond acceptors (Lipinski definition) is 9. The number of fused-ring (bicyclic) bond motifs is 1. The van der Waals surface area contributed by atoms with Crippen LogP contribution in [0.3, 0.4) is 0 Å². The highest BCUT2D eigenvalue weighted by Gasteiger charge is 2.34. The van der Waals surface area contributed by atoms with Crippen LogP contribution >= 0.6 is 11.6 Å². The van der Waals surface area contributed by atoms with Crippen molar-refractivity contribution in [2.45, 2.75) is 70.6 Å². The summed E-state index contributed by atoms with van der Waals surface area (Å²) in [4.78, 5) is 70.0. The molecule has 61 heavy (non-hydrogen) atoms. The third-order valence-electron chi connectivity index (χ3n) is 13.2. The highest BCUT2D eigenvalue weighted by molar-refractivity contribution is 6.32. The molecule has 4 amide bonds. The Morgan fingerprint density at radius 3 is 2.30 bits per heavy atom. The van der Waals surface area contributed by atoms with E-state index in [0.717, 1.165) is 81.5 Å². The number of nitrogens with zero attached hydrogens (tertiary/aromatic N) is 7. The van der Waals surface area contributed by atoms with Gasteiger partial charge in [0.1, 0.15) is 22.1 Å². The van der Waals surface area contributed by atoms with Crippen LogP contribution in [0.15, 0.2) is 60.9 Å². The molecule has 4 aliphatic heterocycles. The first-order chi connectivity index (χ1) is 29.6. The van der Waals surface area contributed by atoms with Crippen molar-refractivity contribution in [2.75, 3.05) is 44.2 Å². The normalized spacial score (nSPS) is 20.6. The van der Waals surface area contributed by atoms with E-state index in [1.165, 1.54) is 18.3 Å². The summed E-state index contributed by atoms with van der Waals surface area (Å²) in [6, 6.07) is 15.3. The van der Waals surface area contributed by atoms with Crippen molar-refractivity contribution in [3.05, 3.63) is 82.8 Å². The number of hydrogen-bond donors (Lipinski definition) is 2. The molecule has 3 aromatic heterocycles. The maximum absolute atomic E-state index is 13.8. The van der Waals surface area contributed by atoms with Crippen LogP contribution in [0.25, 0.3) is 22.6 Å². The first-order valence-corrected chi connectivity index (χ1v) is 22.0. The van der Waals surface area contributed by atoms with E-state index in [1.807, 2.05) is 42.1 Å². The highest BCUT2D eigenvalue weighted by atomic mass is 35.5. The minimum atomic E-state index is -0.257. The molecule has 14 nitrogen and oxygen atoms in total. The smallest absolute Gasteiger partial charge is 0.253 e. The molecule has 318 valence electrons. The lowest BCUT2D eigenvalue weighted by atomic mass is 9.82. The molecular formula is C46H52ClN9O5. The van der Waals surface area contributed by atoms with Crippen LogP contribution in [0.5, 0.6) is 11.5 Å². The number of likely N-dealkylation sites (tertiary alicyclic amines) is 2. The zero-order chi connectivity index (χ0) is 42.2. The third kappa shape index (κ3) is 8.73. The number of H-pyrrole nitrogens is 1. The standard InChI is InChI=1S/C46H52ClN9O5/c1-28-37(27-53(2)52-28)42-50-40-41(38(47)25-48-43(40)51-42)61-35-11-7-32(8-12-35)45(59)56-19-3-4-33(26-56)46(60)55-22-17-30(18-23-55)24-29-15-20-54(21-16-29)34-9-5-31(6-10-34)36-13-14-39(57)49-44(36)58/h5-12,25,27,29-30,33,36H,3-4,13-24,26H2,1-2H3,(H,48,50,51)(H,49,57,58)/t33?,36-/m0/s1. The zero-order valence-electron chi connectivity index (χ0n) is 34.7. The Kier molecular flexibility index (Phi) is 11.5. The van der Waals surface area contributed by atoms with Crippen molar-refractivity contribution >= 4 is 52.1 Å². The van der Waals surface area contributed by atoms with Crippen molar-refractivity contribution in [1.82, 2.24) is 39.8 Å². The minimum Gasteiger partial charge on any atom is -0.453 e. The van der Waals surface area contributed by atoms with Gasteiger partial charge in [-0.15, -0.1) is 0 Å². The Hall–Kier alpha value is -5.76. The van der Waals surface area contributed by atoms with Crippen LogP contribution in [-0.4, -0.2) is 97.4 Å². The number of benzene rings is 2. The van der Waals surface area contributed by atoms with Crippen molar-refractivity contribution < 1.29 is 23.9 Å². The second-order valence-electron chi connectivity index (χ2n) is 17.3. The number of pyridine rings is 1. The number of anilines is 1. The highest BCUT2D eigenvalue weighted by Crippen LogP contribution is 2.37. The molecule has 2 aromatic carbocycles. The van der Waals surface area contributed by atoms with E-state index in [9.17, 15) is 19.2 Å². The number of amides is 4. The number of aromatic nitrogens is 5. The average molecular weight is 846 g/mol. The summed E-state index contributed by atoms with van der Waals surface area (Å²) in [5.74, 6) is 2.08. The van der Waals surface area contributed by atoms with Crippen molar-refractivity contribution in [3.8, 4) is 22.9 Å². The molecule has 15 heteroatoms. The number of rotatable bonds is 9. The quantitative estimate of drug-likeness (QED) is 0.149. The molecule has 7 heterocycles. The van der Waals surface area contributed by atoms with Crippen molar-refractivity contribution in [3.63, 3.8) is 0 Å². The van der Waals surface area contributed by atoms with Gasteiger partial charge in [0.15, 0.2) is 11.4 Å². The maximum Gasteiger partial charge on any atom is 0.253 e. The van der Waals surface area contributed by atoms with Crippen LogP contribution < -0.4 is 15.0 Å². The second kappa shape index (κ2) is 17.3. The van der Waals surface area contributed by atoms with Gasteiger partial charge in [-0.05, 0) is 112 Å². The van der Waals surface area contributed by atoms with Crippen molar-refractivity contribution in [2.24, 2.45) is 24.8 Å². The number of imide groups is 1. The van der Waals surface area contributed by atoms with E-state index in [4.69, 9.17) is 16.3 Å². The zero-order valence-corrected chi connectivity index (χ0v) is 35.5. The Bertz CT molecular complexity index is 2430. The van der Waals surface area contributed by atoms with Crippen LogP contribution in [-0.2, 0) is 21.4 Å². The van der Waals surface area contributed by atoms with E-state index in [1.54, 1.807) is 28.9 Å². The lowest BCUT2D eigenvalue weighted by molar-refractivity contribution is -0.138. The number of halogens is 1. The van der Waals surface area contributed by atoms with Crippen LogP contribution in [0.4, 0.5) is 5.69 Å². The summed E-state index contributed by atoms with van der Waals surface area (Å²) >= 11 is 6.56. The predicted octanol–water partition coefficient (Wildman–Crippen LogP) is 7.03. The first kappa shape index (κ1) is 40.6. The second-order valence-corrected chi connectivity index (χ2v) is 17.7. The Labute approximate surface area is 360 Å². The number of aromatic amines is 1. The van der Waals surface area contributed by atoms with E-state index in [-0.39, 0.29) is 35.5 Å². The molecule has 0 bridgehead atoms. The molecule has 2 N–H and O–H groups in total. The molecule has 0 spiro atoms. The lowest BCUT2D eigenvalue weighted by Crippen LogP contribution is -2.48. The molecule has 1 unspecified atom stereocenters. The Morgan fingerprint density at radius 2 is 1.61 bits per heavy atom. The Balaban J connectivity index is 0.734. The molecular weight excluding hydrogens is 794 g/mol. The van der Waals surface area contributed by atoms with Gasteiger partial charge in [-0.2, -0.15) is 5.10 Å². The van der Waals surface area contributed by atoms with Gasteiger partial charge in [0.05, 0.1) is 29.3 Å². The van der Waals surface area contributed by atoms with Crippen molar-refractivity contribution in [1.29, 1.82) is 0 Å². The monoisotopic (exact) mass is 845 g/mol. The van der Waals surface area contributed by atoms with E-state index in [2.05, 4.69) is 42.4 Å². The lowest BCUT2D eigenvalue weighted by Gasteiger charge is -2.39. The molecule has 5 aromatic rings. The van der Waals surface area contributed by atoms with Crippen LogP contribution in [0, 0.1) is 24.7 Å². The number of carbonyl (C=O) groups is 4. The molecule has 2 atom stereocenters. The Morgan fingerprint density at radius 1 is 0.885 bits per heavy atom. The number of carbonyl (C=O) groups excluding carboxylic acids is 4. The summed E-state index contributed by atoms with van der Waals surface area (Å²) in [6.45, 7) is 6.56. The molecule has 4 saturated heterocycles. The van der Waals surface area contributed by atoms with Gasteiger partial charge in [-0.3, -0.25) is 29.2 Å². The number of piperidine rings is 4. The van der Waals surface area contributed by atoms with Gasteiger partial charge in [0.2, 0.25) is 17.7 Å². The fourth-order valence-corrected chi connectivity index (χ4v) is 9.96. The van der Waals surface area contributed by atoms with Gasteiger partial charge in [0, 0.05) is 70.2 Å². The van der Waals surface area contributed by atoms with Gasteiger partial charge < -0.3 is 24.4 Å².